The van der Waals surface area contributed by atoms with E-state index in [2.05, 4.69) is 15.6 Å². The number of nitrogens with one attached hydrogen (secondary N) is 2. The number of nitriles is 1. The zero-order chi connectivity index (χ0) is 29.5. The first-order valence-corrected chi connectivity index (χ1v) is 14.0. The third-order valence-electron chi connectivity index (χ3n) is 6.78. The van der Waals surface area contributed by atoms with Gasteiger partial charge in [-0.25, -0.2) is 0 Å². The van der Waals surface area contributed by atoms with Crippen molar-refractivity contribution in [2.24, 2.45) is 10.7 Å². The molecule has 13 heteroatoms. The van der Waals surface area contributed by atoms with Crippen LogP contribution in [0, 0.1) is 11.5 Å². The van der Waals surface area contributed by atoms with Crippen LogP contribution in [-0.4, -0.2) is 66.6 Å². The fourth-order valence-electron chi connectivity index (χ4n) is 4.72. The lowest BCUT2D eigenvalue weighted by Gasteiger charge is -2.24. The highest BCUT2D eigenvalue weighted by atomic mass is 32.1. The first kappa shape index (κ1) is 28.7. The van der Waals surface area contributed by atoms with Crippen molar-refractivity contribution in [1.29, 1.82) is 5.26 Å². The Labute approximate surface area is 245 Å². The van der Waals surface area contributed by atoms with E-state index in [9.17, 15) is 14.4 Å². The Bertz CT molecular complexity index is 1510. The third-order valence-corrected chi connectivity index (χ3v) is 7.72. The molecular formula is C29H28N6O6S. The number of carbonyl (C=O) groups excluding carboxylic acids is 3. The molecule has 1 spiro atoms. The highest BCUT2D eigenvalue weighted by Gasteiger charge is 2.52. The van der Waals surface area contributed by atoms with Crippen molar-refractivity contribution in [3.8, 4) is 17.7 Å². The summed E-state index contributed by atoms with van der Waals surface area (Å²) in [5.74, 6) is -0.989. The predicted molar refractivity (Wildman–Crippen MR) is 153 cm³/mol. The van der Waals surface area contributed by atoms with Crippen molar-refractivity contribution in [3.63, 3.8) is 0 Å². The summed E-state index contributed by atoms with van der Waals surface area (Å²) < 4.78 is 17.3. The summed E-state index contributed by atoms with van der Waals surface area (Å²) in [5, 5.41) is 15.9. The topological polar surface area (TPSA) is 168 Å². The summed E-state index contributed by atoms with van der Waals surface area (Å²) in [5.41, 5.74) is 6.70. The maximum Gasteiger partial charge on any atom is 0.251 e. The molecule has 3 heterocycles. The maximum absolute atomic E-state index is 13.3. The van der Waals surface area contributed by atoms with Gasteiger partial charge in [0.25, 0.3) is 5.91 Å². The molecule has 0 saturated carbocycles. The molecule has 216 valence electrons. The number of carbonyl (C=O) groups is 3. The largest absolute Gasteiger partial charge is 0.457 e. The second kappa shape index (κ2) is 12.8. The normalized spacial score (nSPS) is 17.5. The van der Waals surface area contributed by atoms with Gasteiger partial charge in [0.15, 0.2) is 5.79 Å². The van der Waals surface area contributed by atoms with E-state index < -0.39 is 23.6 Å². The molecule has 2 aliphatic heterocycles. The average molecular weight is 589 g/mol. The fraction of sp³-hybridized carbons (Fsp3) is 0.276. The molecule has 2 aromatic carbocycles. The molecule has 5 rings (SSSR count). The van der Waals surface area contributed by atoms with Crippen LogP contribution >= 0.6 is 11.3 Å². The molecular weight excluding hydrogens is 560 g/mol. The molecule has 3 amide bonds. The van der Waals surface area contributed by atoms with Crippen molar-refractivity contribution < 1.29 is 28.6 Å². The summed E-state index contributed by atoms with van der Waals surface area (Å²) >= 11 is 1.35. The fourth-order valence-corrected chi connectivity index (χ4v) is 5.54. The Kier molecular flexibility index (Phi) is 8.77. The number of thiophene rings is 1. The number of aliphatic imine (C=N–C) groups is 1. The molecule has 3 aromatic rings. The number of amides is 3. The first-order chi connectivity index (χ1) is 20.4. The number of rotatable bonds is 9. The Morgan fingerprint density at radius 1 is 1.07 bits per heavy atom. The highest BCUT2D eigenvalue weighted by Crippen LogP contribution is 2.35. The molecule has 0 bridgehead atoms. The molecule has 2 fully saturated rings. The SMILES string of the molecule is N#CN=C(N)c1csc(CNC(=O)[C@@H]2CC3(CN2C(=O)CNC(=O)c2ccc(Oc4ccccc4)cc2)OCCO3)c1. The van der Waals surface area contributed by atoms with Gasteiger partial charge >= 0.3 is 0 Å². The zero-order valence-electron chi connectivity index (χ0n) is 22.4. The van der Waals surface area contributed by atoms with Gasteiger partial charge in [0, 0.05) is 27.8 Å². The van der Waals surface area contributed by atoms with Gasteiger partial charge < -0.3 is 35.5 Å². The second-order valence-electron chi connectivity index (χ2n) is 9.59. The molecule has 12 nitrogen and oxygen atoms in total. The monoisotopic (exact) mass is 588 g/mol. The number of para-hydroxylation sites is 1. The lowest BCUT2D eigenvalue weighted by molar-refractivity contribution is -0.152. The lowest BCUT2D eigenvalue weighted by atomic mass is 10.1. The number of benzene rings is 2. The van der Waals surface area contributed by atoms with Gasteiger partial charge in [-0.1, -0.05) is 18.2 Å². The van der Waals surface area contributed by atoms with E-state index in [-0.39, 0.29) is 37.8 Å². The number of ether oxygens (including phenoxy) is 3. The molecule has 2 aliphatic rings. The maximum atomic E-state index is 13.3. The van der Waals surface area contributed by atoms with E-state index in [1.807, 2.05) is 30.3 Å². The Balaban J connectivity index is 1.18. The van der Waals surface area contributed by atoms with Crippen LogP contribution in [0.15, 0.2) is 71.0 Å². The van der Waals surface area contributed by atoms with Crippen LogP contribution in [-0.2, 0) is 25.6 Å². The summed E-state index contributed by atoms with van der Waals surface area (Å²) in [6.45, 7) is 0.668. The van der Waals surface area contributed by atoms with Crippen molar-refractivity contribution in [2.75, 3.05) is 26.3 Å². The molecule has 0 radical (unpaired) electrons. The minimum absolute atomic E-state index is 0.0651. The van der Waals surface area contributed by atoms with Crippen molar-refractivity contribution in [1.82, 2.24) is 15.5 Å². The highest BCUT2D eigenvalue weighted by molar-refractivity contribution is 7.10. The van der Waals surface area contributed by atoms with Crippen molar-refractivity contribution in [2.45, 2.75) is 24.8 Å². The number of likely N-dealkylation sites (tertiary alicyclic amines) is 1. The van der Waals surface area contributed by atoms with Gasteiger partial charge in [-0.3, -0.25) is 14.4 Å². The van der Waals surface area contributed by atoms with E-state index in [0.717, 1.165) is 4.88 Å². The van der Waals surface area contributed by atoms with Crippen molar-refractivity contribution in [3.05, 3.63) is 82.0 Å². The number of hydrogen-bond donors (Lipinski definition) is 3. The molecule has 0 unspecified atom stereocenters. The van der Waals surface area contributed by atoms with Gasteiger partial charge in [0.05, 0.1) is 32.8 Å². The zero-order valence-corrected chi connectivity index (χ0v) is 23.3. The molecule has 42 heavy (non-hydrogen) atoms. The number of amidine groups is 1. The Morgan fingerprint density at radius 3 is 2.50 bits per heavy atom. The smallest absolute Gasteiger partial charge is 0.251 e. The third kappa shape index (κ3) is 6.74. The minimum Gasteiger partial charge on any atom is -0.457 e. The van der Waals surface area contributed by atoms with E-state index in [4.69, 9.17) is 25.2 Å². The molecule has 2 saturated heterocycles. The van der Waals surface area contributed by atoms with Crippen LogP contribution in [0.3, 0.4) is 0 Å². The van der Waals surface area contributed by atoms with E-state index in [1.54, 1.807) is 41.9 Å². The lowest BCUT2D eigenvalue weighted by Crippen LogP contribution is -2.49. The average Bonchev–Trinajstić information content (AvgIpc) is 3.76. The summed E-state index contributed by atoms with van der Waals surface area (Å²) in [6, 6.07) is 16.7. The predicted octanol–water partition coefficient (Wildman–Crippen LogP) is 2.12. The summed E-state index contributed by atoms with van der Waals surface area (Å²) in [7, 11) is 0. The van der Waals surface area contributed by atoms with Crippen molar-refractivity contribution >= 4 is 34.9 Å². The van der Waals surface area contributed by atoms with E-state index in [0.29, 0.717) is 35.8 Å². The molecule has 4 N–H and O–H groups in total. The van der Waals surface area contributed by atoms with Gasteiger partial charge in [-0.15, -0.1) is 11.3 Å². The van der Waals surface area contributed by atoms with Gasteiger partial charge in [0.1, 0.15) is 23.4 Å². The summed E-state index contributed by atoms with van der Waals surface area (Å²) in [4.78, 5) is 45.0. The summed E-state index contributed by atoms with van der Waals surface area (Å²) in [6.07, 6.45) is 1.81. The van der Waals surface area contributed by atoms with Gasteiger partial charge in [-0.05, 0) is 42.5 Å². The quantitative estimate of drug-likeness (QED) is 0.194. The van der Waals surface area contributed by atoms with E-state index >= 15 is 0 Å². The Morgan fingerprint density at radius 2 is 1.79 bits per heavy atom. The second-order valence-corrected chi connectivity index (χ2v) is 10.6. The van der Waals surface area contributed by atoms with Crippen LogP contribution < -0.4 is 21.1 Å². The van der Waals surface area contributed by atoms with Crippen LogP contribution in [0.1, 0.15) is 27.2 Å². The van der Waals surface area contributed by atoms with Crippen LogP contribution in [0.2, 0.25) is 0 Å². The number of hydrogen-bond acceptors (Lipinski definition) is 9. The van der Waals surface area contributed by atoms with Crippen LogP contribution in [0.4, 0.5) is 0 Å². The molecule has 1 atom stereocenters. The van der Waals surface area contributed by atoms with Gasteiger partial charge in [0.2, 0.25) is 18.0 Å². The Hall–Kier alpha value is -4.77. The van der Waals surface area contributed by atoms with Gasteiger partial charge in [-0.2, -0.15) is 10.3 Å². The van der Waals surface area contributed by atoms with Crippen LogP contribution in [0.25, 0.3) is 0 Å². The van der Waals surface area contributed by atoms with Crippen LogP contribution in [0.5, 0.6) is 11.5 Å². The number of nitrogens with two attached hydrogens (primary N) is 1. The minimum atomic E-state index is -1.06. The number of nitrogens with zero attached hydrogens (tertiary/aromatic N) is 3. The molecule has 0 aliphatic carbocycles. The standard InChI is InChI=1S/C29H28N6O6S/c30-18-34-26(31)20-12-23(42-16-20)14-32-28(38)24-13-29(39-10-11-40-29)17-35(24)25(36)15-33-27(37)19-6-8-22(9-7-19)41-21-4-2-1-3-5-21/h1-9,12,16,24H,10-11,13-15,17H2,(H2,31,34)(H,32,38)(H,33,37)/t24-/m0/s1. The first-order valence-electron chi connectivity index (χ1n) is 13.1. The molecule has 1 aromatic heterocycles. The van der Waals surface area contributed by atoms with E-state index in [1.165, 1.54) is 16.2 Å².